The van der Waals surface area contributed by atoms with Gasteiger partial charge in [0.2, 0.25) is 0 Å². The molecular weight excluding hydrogens is 470 g/mol. The van der Waals surface area contributed by atoms with E-state index in [1.807, 2.05) is 24.3 Å². The molecule has 2 amide bonds. The monoisotopic (exact) mass is 495 g/mol. The first-order chi connectivity index (χ1) is 16.9. The van der Waals surface area contributed by atoms with Gasteiger partial charge in [0, 0.05) is 19.5 Å². The number of hydrogen-bond acceptors (Lipinski definition) is 7. The van der Waals surface area contributed by atoms with E-state index in [9.17, 15) is 19.5 Å². The minimum absolute atomic E-state index is 0.00257. The van der Waals surface area contributed by atoms with E-state index in [0.717, 1.165) is 33.8 Å². The molecule has 0 bridgehead atoms. The number of nitrogens with zero attached hydrogens (tertiary/aromatic N) is 2. The molecular formula is C25H25N3O6S. The second-order valence-corrected chi connectivity index (χ2v) is 8.76. The highest BCUT2D eigenvalue weighted by molar-refractivity contribution is 7.11. The number of fused-ring (bicyclic) bond motifs is 3. The molecule has 9 nitrogen and oxygen atoms in total. The summed E-state index contributed by atoms with van der Waals surface area (Å²) >= 11 is 0.941. The van der Waals surface area contributed by atoms with Crippen molar-refractivity contribution in [2.45, 2.75) is 12.8 Å². The lowest BCUT2D eigenvalue weighted by atomic mass is 9.98. The fourth-order valence-corrected chi connectivity index (χ4v) is 4.94. The Labute approximate surface area is 206 Å². The average Bonchev–Trinajstić information content (AvgIpc) is 3.40. The Kier molecular flexibility index (Phi) is 7.42. The zero-order chi connectivity index (χ0) is 24.9. The SMILES string of the molecule is Cc1nsc(N(C)C(=O)COCCNC(=O)OCC2c3ccccc3-c3ccccc32)c1C(=O)O. The first-order valence-electron chi connectivity index (χ1n) is 11.0. The van der Waals surface area contributed by atoms with Crippen molar-refractivity contribution in [1.29, 1.82) is 0 Å². The molecule has 1 aromatic heterocycles. The maximum Gasteiger partial charge on any atom is 0.407 e. The summed E-state index contributed by atoms with van der Waals surface area (Å²) in [6.07, 6.45) is -0.565. The number of ether oxygens (including phenoxy) is 2. The zero-order valence-electron chi connectivity index (χ0n) is 19.3. The van der Waals surface area contributed by atoms with Crippen molar-refractivity contribution >= 4 is 34.5 Å². The molecule has 182 valence electrons. The standard InChI is InChI=1S/C25H25N3O6S/c1-15-22(24(30)31)23(35-27-15)28(2)21(29)14-33-12-11-26-25(32)34-13-20-18-9-5-3-7-16(18)17-8-4-6-10-19(17)20/h3-10,20H,11-14H2,1-2H3,(H,26,32)(H,30,31). The molecule has 3 aromatic rings. The van der Waals surface area contributed by atoms with Crippen molar-refractivity contribution in [3.8, 4) is 11.1 Å². The van der Waals surface area contributed by atoms with Crippen molar-refractivity contribution in [3.63, 3.8) is 0 Å². The molecule has 0 radical (unpaired) electrons. The van der Waals surface area contributed by atoms with Gasteiger partial charge in [-0.25, -0.2) is 9.59 Å². The molecule has 0 atom stereocenters. The van der Waals surface area contributed by atoms with Crippen LogP contribution in [0.2, 0.25) is 0 Å². The maximum atomic E-state index is 12.4. The van der Waals surface area contributed by atoms with Gasteiger partial charge < -0.3 is 24.8 Å². The molecule has 4 rings (SSSR count). The summed E-state index contributed by atoms with van der Waals surface area (Å²) in [5.41, 5.74) is 4.94. The summed E-state index contributed by atoms with van der Waals surface area (Å²) < 4.78 is 14.8. The Balaban J connectivity index is 1.20. The summed E-state index contributed by atoms with van der Waals surface area (Å²) in [5.74, 6) is -1.58. The van der Waals surface area contributed by atoms with Crippen molar-refractivity contribution in [2.75, 3.05) is 38.3 Å². The third kappa shape index (κ3) is 5.18. The van der Waals surface area contributed by atoms with Crippen LogP contribution in [0.1, 0.15) is 33.1 Å². The van der Waals surface area contributed by atoms with Gasteiger partial charge in [0.15, 0.2) is 0 Å². The fraction of sp³-hybridized carbons (Fsp3) is 0.280. The second kappa shape index (κ2) is 10.7. The number of aryl methyl sites for hydroxylation is 1. The number of hydrogen-bond donors (Lipinski definition) is 2. The van der Waals surface area contributed by atoms with E-state index in [4.69, 9.17) is 9.47 Å². The fourth-order valence-electron chi connectivity index (χ4n) is 4.08. The summed E-state index contributed by atoms with van der Waals surface area (Å²) in [6.45, 7) is 1.78. The molecule has 0 aliphatic heterocycles. The van der Waals surface area contributed by atoms with E-state index < -0.39 is 18.0 Å². The average molecular weight is 496 g/mol. The third-order valence-corrected chi connectivity index (χ3v) is 6.84. The second-order valence-electron chi connectivity index (χ2n) is 8.01. The predicted octanol–water partition coefficient (Wildman–Crippen LogP) is 3.67. The van der Waals surface area contributed by atoms with Gasteiger partial charge in [0.05, 0.1) is 12.3 Å². The van der Waals surface area contributed by atoms with Crippen LogP contribution in [0.3, 0.4) is 0 Å². The number of benzene rings is 2. The van der Waals surface area contributed by atoms with Crippen molar-refractivity contribution < 1.29 is 29.0 Å². The first kappa shape index (κ1) is 24.4. The van der Waals surface area contributed by atoms with Crippen LogP contribution in [0.5, 0.6) is 0 Å². The number of aromatic carboxylic acids is 1. The normalized spacial score (nSPS) is 12.1. The van der Waals surface area contributed by atoms with Gasteiger partial charge in [0.1, 0.15) is 23.8 Å². The highest BCUT2D eigenvalue weighted by Gasteiger charge is 2.29. The first-order valence-corrected chi connectivity index (χ1v) is 11.8. The van der Waals surface area contributed by atoms with Gasteiger partial charge in [-0.2, -0.15) is 4.37 Å². The maximum absolute atomic E-state index is 12.4. The summed E-state index contributed by atoms with van der Waals surface area (Å²) in [4.78, 5) is 37.2. The number of aromatic nitrogens is 1. The van der Waals surface area contributed by atoms with Gasteiger partial charge in [-0.15, -0.1) is 0 Å². The number of likely N-dealkylation sites (N-methyl/N-ethyl adjacent to an activating group) is 1. The number of carbonyl (C=O) groups excluding carboxylic acids is 2. The minimum Gasteiger partial charge on any atom is -0.478 e. The number of carbonyl (C=O) groups is 3. The van der Waals surface area contributed by atoms with Crippen molar-refractivity contribution in [1.82, 2.24) is 9.69 Å². The van der Waals surface area contributed by atoms with E-state index in [0.29, 0.717) is 5.69 Å². The Morgan fingerprint density at radius 2 is 1.71 bits per heavy atom. The Morgan fingerprint density at radius 1 is 1.09 bits per heavy atom. The highest BCUT2D eigenvalue weighted by Crippen LogP contribution is 2.44. The predicted molar refractivity (Wildman–Crippen MR) is 131 cm³/mol. The molecule has 35 heavy (non-hydrogen) atoms. The van der Waals surface area contributed by atoms with Gasteiger partial charge in [-0.3, -0.25) is 4.79 Å². The van der Waals surface area contributed by atoms with E-state index in [1.54, 1.807) is 6.92 Å². The van der Waals surface area contributed by atoms with Crippen LogP contribution in [0, 0.1) is 6.92 Å². The summed E-state index contributed by atoms with van der Waals surface area (Å²) in [5, 5.41) is 12.2. The lowest BCUT2D eigenvalue weighted by Crippen LogP contribution is -2.33. The lowest BCUT2D eigenvalue weighted by molar-refractivity contribution is -0.122. The molecule has 0 fully saturated rings. The van der Waals surface area contributed by atoms with Crippen LogP contribution in [-0.4, -0.2) is 60.9 Å². The minimum atomic E-state index is -1.14. The van der Waals surface area contributed by atoms with E-state index in [2.05, 4.69) is 34.0 Å². The zero-order valence-corrected chi connectivity index (χ0v) is 20.1. The molecule has 1 aliphatic carbocycles. The number of amides is 2. The van der Waals surface area contributed by atoms with Crippen LogP contribution in [0.25, 0.3) is 11.1 Å². The largest absolute Gasteiger partial charge is 0.478 e. The Hall–Kier alpha value is -3.76. The van der Waals surface area contributed by atoms with E-state index >= 15 is 0 Å². The van der Waals surface area contributed by atoms with Crippen molar-refractivity contribution in [2.24, 2.45) is 0 Å². The molecule has 0 unspecified atom stereocenters. The quantitative estimate of drug-likeness (QED) is 0.435. The Morgan fingerprint density at radius 3 is 2.34 bits per heavy atom. The topological polar surface area (TPSA) is 118 Å². The number of carboxylic acid groups (broad SMARTS) is 1. The van der Waals surface area contributed by atoms with Gasteiger partial charge in [-0.1, -0.05) is 48.5 Å². The van der Waals surface area contributed by atoms with E-state index in [-0.39, 0.29) is 42.8 Å². The number of rotatable bonds is 9. The van der Waals surface area contributed by atoms with Crippen LogP contribution in [-0.2, 0) is 14.3 Å². The summed E-state index contributed by atoms with van der Waals surface area (Å²) in [6, 6.07) is 16.2. The number of nitrogens with one attached hydrogen (secondary N) is 1. The van der Waals surface area contributed by atoms with Gasteiger partial charge >= 0.3 is 12.1 Å². The molecule has 10 heteroatoms. The molecule has 2 N–H and O–H groups in total. The molecule has 0 saturated carbocycles. The van der Waals surface area contributed by atoms with Crippen LogP contribution in [0.4, 0.5) is 9.80 Å². The van der Waals surface area contributed by atoms with Gasteiger partial charge in [-0.05, 0) is 40.7 Å². The van der Waals surface area contributed by atoms with Crippen molar-refractivity contribution in [3.05, 3.63) is 70.9 Å². The van der Waals surface area contributed by atoms with Crippen LogP contribution in [0.15, 0.2) is 48.5 Å². The lowest BCUT2D eigenvalue weighted by Gasteiger charge is -2.16. The summed E-state index contributed by atoms with van der Waals surface area (Å²) in [7, 11) is 1.47. The molecule has 2 aromatic carbocycles. The molecule has 1 aliphatic rings. The smallest absolute Gasteiger partial charge is 0.407 e. The third-order valence-electron chi connectivity index (χ3n) is 5.82. The molecule has 0 spiro atoms. The van der Waals surface area contributed by atoms with Gasteiger partial charge in [0.25, 0.3) is 5.91 Å². The number of carboxylic acids is 1. The molecule has 1 heterocycles. The highest BCUT2D eigenvalue weighted by atomic mass is 32.1. The molecule has 0 saturated heterocycles. The van der Waals surface area contributed by atoms with Crippen LogP contribution < -0.4 is 10.2 Å². The van der Waals surface area contributed by atoms with Crippen LogP contribution >= 0.6 is 11.5 Å². The number of alkyl carbamates (subject to hydrolysis) is 1. The van der Waals surface area contributed by atoms with E-state index in [1.165, 1.54) is 11.9 Å². The number of anilines is 1. The Bertz CT molecular complexity index is 1210.